The summed E-state index contributed by atoms with van der Waals surface area (Å²) in [6, 6.07) is 7.99. The Labute approximate surface area is 136 Å². The average molecular weight is 313 g/mol. The fourth-order valence-electron chi connectivity index (χ4n) is 3.32. The van der Waals surface area contributed by atoms with Gasteiger partial charge in [-0.15, -0.1) is 5.10 Å². The maximum atomic E-state index is 12.6. The van der Waals surface area contributed by atoms with E-state index in [0.29, 0.717) is 17.7 Å². The second kappa shape index (κ2) is 6.48. The van der Waals surface area contributed by atoms with E-state index >= 15 is 0 Å². The summed E-state index contributed by atoms with van der Waals surface area (Å²) in [5, 5.41) is 11.8. The summed E-state index contributed by atoms with van der Waals surface area (Å²) < 4.78 is 1.59. The number of hydrogen-bond donors (Lipinski definition) is 0. The molecule has 0 spiro atoms. The fourth-order valence-corrected chi connectivity index (χ4v) is 3.32. The van der Waals surface area contributed by atoms with Crippen molar-refractivity contribution in [3.63, 3.8) is 0 Å². The number of piperidine rings is 1. The average Bonchev–Trinajstić information content (AvgIpc) is 2.95. The first-order valence-corrected chi connectivity index (χ1v) is 8.14. The molecule has 0 aliphatic carbocycles. The molecule has 6 heteroatoms. The molecule has 1 aliphatic heterocycles. The zero-order valence-electron chi connectivity index (χ0n) is 13.9. The lowest BCUT2D eigenvalue weighted by Crippen LogP contribution is -2.44. The number of tetrazole rings is 1. The van der Waals surface area contributed by atoms with E-state index in [0.717, 1.165) is 18.7 Å². The van der Waals surface area contributed by atoms with E-state index in [-0.39, 0.29) is 12.5 Å². The number of benzene rings is 1. The number of amides is 1. The quantitative estimate of drug-likeness (QED) is 0.871. The summed E-state index contributed by atoms with van der Waals surface area (Å²) in [5.41, 5.74) is 2.11. The van der Waals surface area contributed by atoms with Gasteiger partial charge in [0, 0.05) is 18.7 Å². The lowest BCUT2D eigenvalue weighted by Gasteiger charge is -2.35. The molecule has 2 atom stereocenters. The third-order valence-corrected chi connectivity index (χ3v) is 4.35. The number of aryl methyl sites for hydroxylation is 1. The van der Waals surface area contributed by atoms with Crippen molar-refractivity contribution in [1.82, 2.24) is 25.1 Å². The number of carbonyl (C=O) groups is 1. The minimum absolute atomic E-state index is 0.0871. The summed E-state index contributed by atoms with van der Waals surface area (Å²) >= 11 is 0. The first-order valence-electron chi connectivity index (χ1n) is 8.14. The molecule has 2 aromatic rings. The van der Waals surface area contributed by atoms with Gasteiger partial charge in [-0.2, -0.15) is 0 Å². The van der Waals surface area contributed by atoms with Crippen molar-refractivity contribution in [2.24, 2.45) is 11.8 Å². The molecule has 0 N–H and O–H groups in total. The Morgan fingerprint density at radius 2 is 1.83 bits per heavy atom. The molecule has 0 bridgehead atoms. The largest absolute Gasteiger partial charge is 0.341 e. The van der Waals surface area contributed by atoms with Crippen LogP contribution in [0.3, 0.4) is 0 Å². The Morgan fingerprint density at radius 3 is 2.48 bits per heavy atom. The van der Waals surface area contributed by atoms with Crippen LogP contribution in [0.2, 0.25) is 0 Å². The maximum Gasteiger partial charge on any atom is 0.244 e. The van der Waals surface area contributed by atoms with E-state index in [4.69, 9.17) is 0 Å². The van der Waals surface area contributed by atoms with Gasteiger partial charge in [0.25, 0.3) is 0 Å². The molecule has 0 saturated carbocycles. The van der Waals surface area contributed by atoms with Crippen LogP contribution < -0.4 is 0 Å². The van der Waals surface area contributed by atoms with E-state index in [2.05, 4.69) is 29.4 Å². The Kier molecular flexibility index (Phi) is 4.41. The highest BCUT2D eigenvalue weighted by Crippen LogP contribution is 2.22. The van der Waals surface area contributed by atoms with E-state index in [1.165, 1.54) is 12.0 Å². The minimum Gasteiger partial charge on any atom is -0.341 e. The number of aromatic nitrogens is 4. The Morgan fingerprint density at radius 1 is 1.17 bits per heavy atom. The smallest absolute Gasteiger partial charge is 0.244 e. The first kappa shape index (κ1) is 15.6. The van der Waals surface area contributed by atoms with Gasteiger partial charge in [0.1, 0.15) is 6.54 Å². The van der Waals surface area contributed by atoms with Gasteiger partial charge in [-0.25, -0.2) is 4.68 Å². The molecule has 1 aromatic heterocycles. The predicted octanol–water partition coefficient (Wildman–Crippen LogP) is 2.15. The summed E-state index contributed by atoms with van der Waals surface area (Å²) in [4.78, 5) is 14.5. The van der Waals surface area contributed by atoms with Gasteiger partial charge in [-0.3, -0.25) is 4.79 Å². The molecule has 23 heavy (non-hydrogen) atoms. The van der Waals surface area contributed by atoms with Crippen molar-refractivity contribution in [3.8, 4) is 11.4 Å². The van der Waals surface area contributed by atoms with Gasteiger partial charge in [0.2, 0.25) is 5.91 Å². The second-order valence-electron chi connectivity index (χ2n) is 6.77. The molecule has 3 rings (SSSR count). The summed E-state index contributed by atoms with van der Waals surface area (Å²) in [7, 11) is 0. The van der Waals surface area contributed by atoms with Gasteiger partial charge in [-0.1, -0.05) is 43.7 Å². The summed E-state index contributed by atoms with van der Waals surface area (Å²) in [5.74, 6) is 1.82. The van der Waals surface area contributed by atoms with E-state index < -0.39 is 0 Å². The SMILES string of the molecule is Cc1ccc(-c2nnnn2CC(=O)N2C[C@H](C)C[C@@H](C)C2)cc1. The lowest BCUT2D eigenvalue weighted by molar-refractivity contribution is -0.134. The first-order chi connectivity index (χ1) is 11.0. The number of rotatable bonds is 3. The van der Waals surface area contributed by atoms with Crippen LogP contribution in [0.15, 0.2) is 24.3 Å². The fraction of sp³-hybridized carbons (Fsp3) is 0.529. The lowest BCUT2D eigenvalue weighted by atomic mass is 9.92. The zero-order chi connectivity index (χ0) is 16.4. The molecule has 6 nitrogen and oxygen atoms in total. The highest BCUT2D eigenvalue weighted by atomic mass is 16.2. The van der Waals surface area contributed by atoms with Crippen LogP contribution in [0, 0.1) is 18.8 Å². The van der Waals surface area contributed by atoms with Crippen LogP contribution in [0.5, 0.6) is 0 Å². The molecule has 0 unspecified atom stereocenters. The molecule has 1 fully saturated rings. The molecule has 1 aromatic carbocycles. The van der Waals surface area contributed by atoms with Crippen molar-refractivity contribution in [1.29, 1.82) is 0 Å². The minimum atomic E-state index is 0.0871. The number of carbonyl (C=O) groups excluding carboxylic acids is 1. The highest BCUT2D eigenvalue weighted by molar-refractivity contribution is 5.76. The molecule has 1 saturated heterocycles. The van der Waals surface area contributed by atoms with Crippen molar-refractivity contribution < 1.29 is 4.79 Å². The van der Waals surface area contributed by atoms with Gasteiger partial charge >= 0.3 is 0 Å². The molecule has 1 amide bonds. The van der Waals surface area contributed by atoms with Crippen molar-refractivity contribution >= 4 is 5.91 Å². The van der Waals surface area contributed by atoms with Crippen molar-refractivity contribution in [3.05, 3.63) is 29.8 Å². The van der Waals surface area contributed by atoms with Crippen molar-refractivity contribution in [2.45, 2.75) is 33.7 Å². The summed E-state index contributed by atoms with van der Waals surface area (Å²) in [6.07, 6.45) is 1.18. The van der Waals surface area contributed by atoms with Crippen LogP contribution in [-0.2, 0) is 11.3 Å². The molecular weight excluding hydrogens is 290 g/mol. The van der Waals surface area contributed by atoms with Gasteiger partial charge in [0.05, 0.1) is 0 Å². The van der Waals surface area contributed by atoms with Crippen LogP contribution in [0.4, 0.5) is 0 Å². The topological polar surface area (TPSA) is 63.9 Å². The van der Waals surface area contributed by atoms with Crippen LogP contribution in [0.1, 0.15) is 25.8 Å². The number of nitrogens with zero attached hydrogens (tertiary/aromatic N) is 5. The second-order valence-corrected chi connectivity index (χ2v) is 6.77. The number of hydrogen-bond acceptors (Lipinski definition) is 4. The molecule has 122 valence electrons. The zero-order valence-corrected chi connectivity index (χ0v) is 13.9. The van der Waals surface area contributed by atoms with E-state index in [1.54, 1.807) is 4.68 Å². The van der Waals surface area contributed by atoms with Gasteiger partial charge in [-0.05, 0) is 35.6 Å². The molecule has 1 aliphatic rings. The predicted molar refractivity (Wildman–Crippen MR) is 87.5 cm³/mol. The third kappa shape index (κ3) is 3.57. The standard InChI is InChI=1S/C17H23N5O/c1-12-4-6-15(7-5-12)17-18-19-20-22(17)11-16(23)21-9-13(2)8-14(3)10-21/h4-7,13-14H,8-11H2,1-3H3/t13-,14-/m1/s1. The van der Waals surface area contributed by atoms with E-state index in [1.807, 2.05) is 36.1 Å². The molecular formula is C17H23N5O. The Bertz CT molecular complexity index is 669. The Hall–Kier alpha value is -2.24. The molecule has 2 heterocycles. The normalized spacial score (nSPS) is 21.4. The number of likely N-dealkylation sites (tertiary alicyclic amines) is 1. The van der Waals surface area contributed by atoms with Crippen LogP contribution in [0.25, 0.3) is 11.4 Å². The van der Waals surface area contributed by atoms with Crippen molar-refractivity contribution in [2.75, 3.05) is 13.1 Å². The van der Waals surface area contributed by atoms with Gasteiger partial charge in [0.15, 0.2) is 5.82 Å². The molecule has 0 radical (unpaired) electrons. The summed E-state index contributed by atoms with van der Waals surface area (Å²) in [6.45, 7) is 8.27. The van der Waals surface area contributed by atoms with Gasteiger partial charge < -0.3 is 4.90 Å². The van der Waals surface area contributed by atoms with E-state index in [9.17, 15) is 4.79 Å². The maximum absolute atomic E-state index is 12.6. The Balaban J connectivity index is 1.75. The highest BCUT2D eigenvalue weighted by Gasteiger charge is 2.26. The van der Waals surface area contributed by atoms with Crippen LogP contribution >= 0.6 is 0 Å². The third-order valence-electron chi connectivity index (χ3n) is 4.35. The monoisotopic (exact) mass is 313 g/mol. The van der Waals surface area contributed by atoms with Crippen LogP contribution in [-0.4, -0.2) is 44.1 Å².